The minimum Gasteiger partial charge on any atom is -0.493 e. The van der Waals surface area contributed by atoms with Crippen LogP contribution in [0.4, 0.5) is 4.39 Å². The van der Waals surface area contributed by atoms with Crippen LogP contribution in [0.2, 0.25) is 0 Å². The molecule has 0 bridgehead atoms. The molecule has 0 atom stereocenters. The maximum atomic E-state index is 13.3. The van der Waals surface area contributed by atoms with Gasteiger partial charge in [-0.3, -0.25) is 4.79 Å². The van der Waals surface area contributed by atoms with Gasteiger partial charge in [0.05, 0.1) is 13.0 Å². The number of nitrogens with one attached hydrogen (secondary N) is 1. The lowest BCUT2D eigenvalue weighted by atomic mass is 10.2. The van der Waals surface area contributed by atoms with E-state index in [4.69, 9.17) is 4.74 Å². The predicted octanol–water partition coefficient (Wildman–Crippen LogP) is 1.40. The fourth-order valence-corrected chi connectivity index (χ4v) is 1.49. The van der Waals surface area contributed by atoms with Crippen LogP contribution >= 0.6 is 0 Å². The highest BCUT2D eigenvalue weighted by atomic mass is 19.1. The molecular formula is C13H19FN2O2. The highest BCUT2D eigenvalue weighted by molar-refractivity contribution is 5.75. The van der Waals surface area contributed by atoms with Gasteiger partial charge < -0.3 is 15.0 Å². The van der Waals surface area contributed by atoms with E-state index in [-0.39, 0.29) is 24.8 Å². The first-order chi connectivity index (χ1) is 8.52. The Morgan fingerprint density at radius 1 is 1.39 bits per heavy atom. The summed E-state index contributed by atoms with van der Waals surface area (Å²) < 4.78 is 18.7. The maximum absolute atomic E-state index is 13.3. The van der Waals surface area contributed by atoms with Crippen molar-refractivity contribution in [3.8, 4) is 5.75 Å². The van der Waals surface area contributed by atoms with Crippen LogP contribution in [0.3, 0.4) is 0 Å². The van der Waals surface area contributed by atoms with Gasteiger partial charge in [-0.1, -0.05) is 0 Å². The number of hydrogen-bond donors (Lipinski definition) is 1. The molecule has 1 N–H and O–H groups in total. The number of ether oxygens (including phenoxy) is 1. The van der Waals surface area contributed by atoms with Crippen LogP contribution < -0.4 is 10.1 Å². The summed E-state index contributed by atoms with van der Waals surface area (Å²) in [5.41, 5.74) is 0.812. The number of benzene rings is 1. The molecule has 1 aromatic rings. The number of carbonyl (C=O) groups is 1. The summed E-state index contributed by atoms with van der Waals surface area (Å²) in [7, 11) is 5.17. The van der Waals surface area contributed by atoms with E-state index in [9.17, 15) is 9.18 Å². The fraction of sp³-hybridized carbons (Fsp3) is 0.462. The monoisotopic (exact) mass is 254 g/mol. The molecule has 4 nitrogen and oxygen atoms in total. The third-order valence-electron chi connectivity index (χ3n) is 2.40. The molecule has 5 heteroatoms. The Balaban J connectivity index is 2.54. The van der Waals surface area contributed by atoms with Crippen LogP contribution in [-0.2, 0) is 11.3 Å². The smallest absolute Gasteiger partial charge is 0.225 e. The third-order valence-corrected chi connectivity index (χ3v) is 2.40. The van der Waals surface area contributed by atoms with E-state index in [1.54, 1.807) is 27.2 Å². The molecule has 0 heterocycles. The van der Waals surface area contributed by atoms with Gasteiger partial charge in [0.1, 0.15) is 11.6 Å². The Morgan fingerprint density at radius 2 is 2.11 bits per heavy atom. The van der Waals surface area contributed by atoms with Gasteiger partial charge >= 0.3 is 0 Å². The van der Waals surface area contributed by atoms with Gasteiger partial charge in [0, 0.05) is 26.7 Å². The Hall–Kier alpha value is -1.62. The van der Waals surface area contributed by atoms with Crippen molar-refractivity contribution >= 4 is 5.91 Å². The predicted molar refractivity (Wildman–Crippen MR) is 68.0 cm³/mol. The summed E-state index contributed by atoms with van der Waals surface area (Å²) in [4.78, 5) is 12.8. The van der Waals surface area contributed by atoms with Gasteiger partial charge in [-0.25, -0.2) is 4.39 Å². The molecule has 0 fully saturated rings. The average molecular weight is 254 g/mol. The summed E-state index contributed by atoms with van der Waals surface area (Å²) in [6.45, 7) is 0.824. The van der Waals surface area contributed by atoms with E-state index in [0.29, 0.717) is 12.3 Å². The van der Waals surface area contributed by atoms with E-state index in [1.165, 1.54) is 17.0 Å². The number of hydrogen-bond acceptors (Lipinski definition) is 3. The lowest BCUT2D eigenvalue weighted by Crippen LogP contribution is -2.23. The highest BCUT2D eigenvalue weighted by Gasteiger charge is 2.05. The Labute approximate surface area is 107 Å². The van der Waals surface area contributed by atoms with Crippen molar-refractivity contribution in [3.63, 3.8) is 0 Å². The molecule has 0 aliphatic heterocycles. The molecule has 0 aliphatic rings. The van der Waals surface area contributed by atoms with Gasteiger partial charge in [-0.2, -0.15) is 0 Å². The highest BCUT2D eigenvalue weighted by Crippen LogP contribution is 2.16. The molecule has 100 valence electrons. The van der Waals surface area contributed by atoms with E-state index in [2.05, 4.69) is 5.32 Å². The molecule has 0 unspecified atom stereocenters. The largest absolute Gasteiger partial charge is 0.493 e. The lowest BCUT2D eigenvalue weighted by molar-refractivity contribution is -0.129. The fourth-order valence-electron chi connectivity index (χ4n) is 1.49. The summed E-state index contributed by atoms with van der Waals surface area (Å²) in [5, 5.41) is 2.94. The second kappa shape index (κ2) is 6.96. The molecule has 0 radical (unpaired) electrons. The molecule has 0 aliphatic carbocycles. The van der Waals surface area contributed by atoms with Crippen molar-refractivity contribution in [2.75, 3.05) is 27.7 Å². The van der Waals surface area contributed by atoms with Gasteiger partial charge in [0.15, 0.2) is 0 Å². The summed E-state index contributed by atoms with van der Waals surface area (Å²) in [6.07, 6.45) is 0.283. The van der Waals surface area contributed by atoms with Crippen LogP contribution in [0.25, 0.3) is 0 Å². The van der Waals surface area contributed by atoms with Crippen molar-refractivity contribution in [1.82, 2.24) is 10.2 Å². The van der Waals surface area contributed by atoms with Crippen molar-refractivity contribution in [2.24, 2.45) is 0 Å². The van der Waals surface area contributed by atoms with Gasteiger partial charge in [0.2, 0.25) is 5.91 Å². The molecule has 1 rings (SSSR count). The molecule has 18 heavy (non-hydrogen) atoms. The average Bonchev–Trinajstić information content (AvgIpc) is 2.28. The molecule has 0 spiro atoms. The number of amides is 1. The second-order valence-electron chi connectivity index (χ2n) is 4.21. The van der Waals surface area contributed by atoms with Gasteiger partial charge in [-0.15, -0.1) is 0 Å². The molecule has 0 saturated carbocycles. The van der Waals surface area contributed by atoms with Gasteiger partial charge in [-0.05, 0) is 24.7 Å². The maximum Gasteiger partial charge on any atom is 0.225 e. The molecule has 0 saturated heterocycles. The topological polar surface area (TPSA) is 41.6 Å². The Morgan fingerprint density at radius 3 is 2.72 bits per heavy atom. The SMILES string of the molecule is CNCc1cc(F)cc(OCCC(=O)N(C)C)c1. The first-order valence-corrected chi connectivity index (χ1v) is 5.80. The van der Waals surface area contributed by atoms with Crippen LogP contribution in [0.5, 0.6) is 5.75 Å². The molecule has 1 aromatic carbocycles. The quantitative estimate of drug-likeness (QED) is 0.834. The molecular weight excluding hydrogens is 235 g/mol. The van der Waals surface area contributed by atoms with E-state index in [0.717, 1.165) is 5.56 Å². The van der Waals surface area contributed by atoms with E-state index >= 15 is 0 Å². The van der Waals surface area contributed by atoms with E-state index < -0.39 is 0 Å². The number of carbonyl (C=O) groups excluding carboxylic acids is 1. The minimum absolute atomic E-state index is 0.0122. The van der Waals surface area contributed by atoms with Crippen LogP contribution in [-0.4, -0.2) is 38.6 Å². The van der Waals surface area contributed by atoms with Crippen molar-refractivity contribution in [3.05, 3.63) is 29.6 Å². The minimum atomic E-state index is -0.336. The van der Waals surface area contributed by atoms with Crippen molar-refractivity contribution < 1.29 is 13.9 Å². The first-order valence-electron chi connectivity index (χ1n) is 5.80. The standard InChI is InChI=1S/C13H19FN2O2/c1-15-9-10-6-11(14)8-12(7-10)18-5-4-13(17)16(2)3/h6-8,15H,4-5,9H2,1-3H3. The van der Waals surface area contributed by atoms with E-state index in [1.807, 2.05) is 0 Å². The van der Waals surface area contributed by atoms with Crippen LogP contribution in [0.1, 0.15) is 12.0 Å². The molecule has 1 amide bonds. The Kier molecular flexibility index (Phi) is 5.58. The molecule has 0 aromatic heterocycles. The van der Waals surface area contributed by atoms with Crippen molar-refractivity contribution in [1.29, 1.82) is 0 Å². The first kappa shape index (κ1) is 14.4. The van der Waals surface area contributed by atoms with Crippen LogP contribution in [0, 0.1) is 5.82 Å². The zero-order valence-corrected chi connectivity index (χ0v) is 11.0. The number of nitrogens with zero attached hydrogens (tertiary/aromatic N) is 1. The Bertz CT molecular complexity index is 408. The third kappa shape index (κ3) is 4.71. The summed E-state index contributed by atoms with van der Waals surface area (Å²) in [6, 6.07) is 4.54. The zero-order valence-electron chi connectivity index (χ0n) is 11.0. The zero-order chi connectivity index (χ0) is 13.5. The second-order valence-corrected chi connectivity index (χ2v) is 4.21. The van der Waals surface area contributed by atoms with Gasteiger partial charge in [0.25, 0.3) is 0 Å². The van der Waals surface area contributed by atoms with Crippen molar-refractivity contribution in [2.45, 2.75) is 13.0 Å². The number of halogens is 1. The normalized spacial score (nSPS) is 10.2. The summed E-state index contributed by atoms with van der Waals surface area (Å²) in [5.74, 6) is 0.102. The number of rotatable bonds is 6. The lowest BCUT2D eigenvalue weighted by Gasteiger charge is -2.11. The summed E-state index contributed by atoms with van der Waals surface area (Å²) >= 11 is 0. The van der Waals surface area contributed by atoms with Crippen LogP contribution in [0.15, 0.2) is 18.2 Å².